The Labute approximate surface area is 702 Å². The van der Waals surface area contributed by atoms with Gasteiger partial charge in [-0.25, -0.2) is 0 Å². The van der Waals surface area contributed by atoms with Crippen LogP contribution in [-0.4, -0.2) is 71.7 Å². The summed E-state index contributed by atoms with van der Waals surface area (Å²) in [6.45, 7) is 79.4. The molecule has 4 atom stereocenters. The number of methoxy groups -OCH3 is 2. The van der Waals surface area contributed by atoms with Crippen molar-refractivity contribution in [1.82, 2.24) is 0 Å². The lowest BCUT2D eigenvalue weighted by atomic mass is 9.56. The minimum Gasteiger partial charge on any atom is -0.459 e. The van der Waals surface area contributed by atoms with Crippen LogP contribution in [0.3, 0.4) is 0 Å². The fraction of sp³-hybridized carbons (Fsp3) is 0.828. The summed E-state index contributed by atoms with van der Waals surface area (Å²) in [5.74, 6) is 17.8. The molecule has 0 amide bonds. The summed E-state index contributed by atoms with van der Waals surface area (Å²) in [5, 5.41) is 0. The summed E-state index contributed by atoms with van der Waals surface area (Å²) >= 11 is 0. The van der Waals surface area contributed by atoms with Crippen LogP contribution in [0.15, 0.2) is 0 Å². The van der Waals surface area contributed by atoms with Crippen molar-refractivity contribution in [3.05, 3.63) is 39.7 Å². The zero-order valence-electron chi connectivity index (χ0n) is 68.6. The number of terminal acetylenes is 4. The van der Waals surface area contributed by atoms with Gasteiger partial charge in [-0.1, -0.05) is 288 Å². The predicted octanol–water partition coefficient (Wildman–Crippen LogP) is 31.2. The van der Waals surface area contributed by atoms with Crippen molar-refractivity contribution < 1.29 is 47.6 Å². The third kappa shape index (κ3) is 82.8. The van der Waals surface area contributed by atoms with E-state index >= 15 is 0 Å². The Bertz CT molecular complexity index is 1950. The number of hydrogen-bond acceptors (Lipinski definition) is 18. The summed E-state index contributed by atoms with van der Waals surface area (Å²) in [6, 6.07) is 0. The lowest BCUT2D eigenvalue weighted by Crippen LogP contribution is -2.57. The van der Waals surface area contributed by atoms with Crippen molar-refractivity contribution in [3.8, 4) is 73.1 Å². The van der Waals surface area contributed by atoms with Crippen molar-refractivity contribution in [2.75, 3.05) is 14.2 Å². The number of carbonyl (C=O) groups excluding carboxylic acids is 4. The van der Waals surface area contributed by atoms with Gasteiger partial charge in [-0.15, -0.1) is 37.5 Å². The van der Waals surface area contributed by atoms with Gasteiger partial charge in [0.05, 0.1) is 11.2 Å². The normalized spacial score (nSPS) is 10.5. The van der Waals surface area contributed by atoms with E-state index in [1.807, 2.05) is 111 Å². The van der Waals surface area contributed by atoms with Gasteiger partial charge in [-0.3, -0.25) is 19.2 Å². The third-order valence-electron chi connectivity index (χ3n) is 18.6. The number of ether oxygens (including phenoxy) is 6. The van der Waals surface area contributed by atoms with Crippen LogP contribution in [0.1, 0.15) is 441 Å². The highest BCUT2D eigenvalue weighted by molar-refractivity contribution is 5.67. The third-order valence-corrected chi connectivity index (χ3v) is 18.6. The van der Waals surface area contributed by atoms with E-state index in [9.17, 15) is 19.2 Å². The lowest BCUT2D eigenvalue weighted by molar-refractivity contribution is -0.202. The van der Waals surface area contributed by atoms with E-state index in [-0.39, 0.29) is 186 Å². The van der Waals surface area contributed by atoms with Gasteiger partial charge in [-0.2, -0.15) is 0 Å². The van der Waals surface area contributed by atoms with Crippen molar-refractivity contribution in [1.29, 1.82) is 0 Å². The van der Waals surface area contributed by atoms with Crippen LogP contribution in [0.5, 0.6) is 0 Å². The molecule has 0 bridgehead atoms. The van der Waals surface area contributed by atoms with E-state index in [2.05, 4.69) is 171 Å². The van der Waals surface area contributed by atoms with Crippen molar-refractivity contribution in [2.45, 2.75) is 474 Å². The van der Waals surface area contributed by atoms with Gasteiger partial charge in [0.25, 0.3) is 0 Å². The van der Waals surface area contributed by atoms with E-state index in [1.165, 1.54) is 34.1 Å². The molecule has 0 aromatic rings. The van der Waals surface area contributed by atoms with E-state index in [1.54, 1.807) is 41.9 Å². The molecule has 0 aliphatic heterocycles. The second-order valence-electron chi connectivity index (χ2n) is 25.4. The van der Waals surface area contributed by atoms with Crippen LogP contribution in [0.25, 0.3) is 0 Å². The standard InChI is InChI=1S/2C14H28O2.2C13H26O3.2C5H4.C3H8.2C3H4.2C2H6.16CH4.4O2/c2*1-9-12(4,5)14(8,10-2)13(6,7)16-11(3)15;2*1-9-13(7,11(3,4)15-8)12(5,6)16-10(2)14;2*1-3-5-4-2;3*1-3-2;2*1-2;;;;;;;;;;;;;;;;;4*1-2/h2*9-10H2,1-8H3;2*9H2,1-8H3;2*1H,2H3;3H2,1-2H3;2*1H,2H3;2*1-2H3;16*1H4;;;;. The Hall–Kier alpha value is -6.44. The largest absolute Gasteiger partial charge is 0.459 e. The molecule has 0 N–H and O–H groups in total. The van der Waals surface area contributed by atoms with Gasteiger partial charge in [0, 0.05) is 103 Å². The zero-order valence-corrected chi connectivity index (χ0v) is 68.6. The van der Waals surface area contributed by atoms with Crippen LogP contribution in [0.4, 0.5) is 0 Å². The topological polar surface area (TPSA) is 260 Å². The minimum atomic E-state index is -0.562. The molecule has 0 heterocycles. The summed E-state index contributed by atoms with van der Waals surface area (Å²) in [5.41, 5.74) is -3.00. The highest BCUT2D eigenvalue weighted by atomic mass is 16.7. The first-order valence-electron chi connectivity index (χ1n) is 32.3. The molecule has 0 aliphatic carbocycles. The molecule has 0 spiro atoms. The molecule has 0 saturated carbocycles. The molecule has 0 fully saturated rings. The second-order valence-corrected chi connectivity index (χ2v) is 25.4. The molecule has 0 aromatic heterocycles. The van der Waals surface area contributed by atoms with Crippen molar-refractivity contribution in [3.63, 3.8) is 0 Å². The Morgan fingerprint density at radius 3 is 0.450 bits per heavy atom. The molecule has 0 saturated heterocycles. The van der Waals surface area contributed by atoms with Crippen LogP contribution in [0.2, 0.25) is 0 Å². The Morgan fingerprint density at radius 2 is 0.387 bits per heavy atom. The van der Waals surface area contributed by atoms with Crippen molar-refractivity contribution >= 4 is 23.9 Å². The first-order valence-corrected chi connectivity index (χ1v) is 32.3. The van der Waals surface area contributed by atoms with Gasteiger partial charge in [-0.05, 0) is 171 Å². The quantitative estimate of drug-likeness (QED) is 0.0623. The number of hydrogen-bond donors (Lipinski definition) is 0. The maximum Gasteiger partial charge on any atom is 0.303 e. The Balaban J connectivity index is -0.0000000226. The van der Waals surface area contributed by atoms with Gasteiger partial charge in [0.15, 0.2) is 0 Å². The average molecular weight is 1610 g/mol. The van der Waals surface area contributed by atoms with Gasteiger partial charge in [0.2, 0.25) is 0 Å². The molecule has 0 aliphatic rings. The fourth-order valence-electron chi connectivity index (χ4n) is 9.85. The summed E-state index contributed by atoms with van der Waals surface area (Å²) in [7, 11) is 3.38. The maximum absolute atomic E-state index is 11.2. The maximum atomic E-state index is 11.2. The Morgan fingerprint density at radius 1 is 0.270 bits per heavy atom. The highest BCUT2D eigenvalue weighted by Crippen LogP contribution is 2.54. The molecular formula is C93H208O18. The zero-order chi connectivity index (χ0) is 81.2. The van der Waals surface area contributed by atoms with Crippen LogP contribution in [-0.2, 0) is 47.6 Å². The number of carbonyl (C=O) groups is 4. The van der Waals surface area contributed by atoms with E-state index in [0.717, 1.165) is 38.5 Å². The van der Waals surface area contributed by atoms with Gasteiger partial charge in [0.1, 0.15) is 22.4 Å². The number of esters is 4. The van der Waals surface area contributed by atoms with Crippen molar-refractivity contribution in [2.24, 2.45) is 32.5 Å². The lowest BCUT2D eigenvalue weighted by Gasteiger charge is -2.52. The predicted molar refractivity (Wildman–Crippen MR) is 514 cm³/mol. The molecule has 0 radical (unpaired) electrons. The number of rotatable bonds is 20. The molecular weight excluding hydrogens is 1410 g/mol. The molecule has 18 nitrogen and oxygen atoms in total. The van der Waals surface area contributed by atoms with E-state index < -0.39 is 22.4 Å². The average Bonchev–Trinajstić information content (AvgIpc) is 0.793. The molecule has 4 unspecified atom stereocenters. The first-order chi connectivity index (χ1) is 43.2. The van der Waals surface area contributed by atoms with E-state index in [0.29, 0.717) is 0 Å². The van der Waals surface area contributed by atoms with Crippen LogP contribution >= 0.6 is 0 Å². The summed E-state index contributed by atoms with van der Waals surface area (Å²) in [6.07, 6.45) is 25.7. The SMILES string of the molecule is C.C.C.C.C.C.C.C.C.C.C.C.C.C.C.C.C#CC.C#CC.C#CC#CC.C#CC#CC.CC.CC.CCC.CCC(C)(C(C)(C)OC)C(C)(C)OC(C)=O.CCC(C)(C(C)(C)OC)C(C)(C)OC(C)=O.CCC(C)(C)C(C)(CC)C(C)(C)OC(C)=O.CCC(C)(C)C(C)(CC)C(C)(C)OC(C)=O.O=O.O=O.O=O.O=O. The molecule has 0 aromatic carbocycles. The molecule has 18 heteroatoms. The molecule has 111 heavy (non-hydrogen) atoms. The fourth-order valence-corrected chi connectivity index (χ4v) is 9.85. The highest BCUT2D eigenvalue weighted by Gasteiger charge is 2.55. The van der Waals surface area contributed by atoms with Crippen LogP contribution < -0.4 is 0 Å². The smallest absolute Gasteiger partial charge is 0.303 e. The first kappa shape index (κ1) is 207. The molecule has 688 valence electrons. The summed E-state index contributed by atoms with van der Waals surface area (Å²) in [4.78, 5) is 101. The monoisotopic (exact) mass is 1610 g/mol. The van der Waals surface area contributed by atoms with Gasteiger partial charge < -0.3 is 28.4 Å². The Kier molecular flexibility index (Phi) is 209. The minimum absolute atomic E-state index is 0. The van der Waals surface area contributed by atoms with Gasteiger partial charge >= 0.3 is 23.9 Å². The van der Waals surface area contributed by atoms with E-state index in [4.69, 9.17) is 81.0 Å². The molecule has 0 rings (SSSR count). The summed E-state index contributed by atoms with van der Waals surface area (Å²) < 4.78 is 33.2. The van der Waals surface area contributed by atoms with Crippen LogP contribution in [0, 0.1) is 145 Å². The second kappa shape index (κ2) is 112.